The van der Waals surface area contributed by atoms with Gasteiger partial charge in [0.15, 0.2) is 0 Å². The molecule has 0 aromatic heterocycles. The van der Waals surface area contributed by atoms with E-state index in [4.69, 9.17) is 0 Å². The van der Waals surface area contributed by atoms with Crippen LogP contribution in [-0.4, -0.2) is 0 Å². The minimum atomic E-state index is 1.08. The summed E-state index contributed by atoms with van der Waals surface area (Å²) in [7, 11) is 0. The molecule has 0 saturated heterocycles. The first-order chi connectivity index (χ1) is 9.00. The summed E-state index contributed by atoms with van der Waals surface area (Å²) in [6.45, 7) is 0. The fourth-order valence-electron chi connectivity index (χ4n) is 1.31. The van der Waals surface area contributed by atoms with E-state index in [1.54, 1.807) is 0 Å². The minimum absolute atomic E-state index is 1.08. The largest absolute Gasteiger partial charge is 0.0842 e. The van der Waals surface area contributed by atoms with Gasteiger partial charge in [-0.1, -0.05) is 97.2 Å². The molecule has 0 fully saturated rings. The van der Waals surface area contributed by atoms with Crippen LogP contribution in [-0.2, 0) is 0 Å². The molecule has 0 atom stereocenters. The lowest BCUT2D eigenvalue weighted by atomic mass is 10.2. The lowest BCUT2D eigenvalue weighted by Crippen LogP contribution is -1.63. The quantitative estimate of drug-likeness (QED) is 0.540. The first kappa shape index (κ1) is 14.0. The van der Waals surface area contributed by atoms with Gasteiger partial charge in [0.2, 0.25) is 0 Å². The Hall–Kier alpha value is -2.08. The molecule has 0 radical (unpaired) electrons. The van der Waals surface area contributed by atoms with Crippen molar-refractivity contribution < 1.29 is 0 Å². The zero-order chi connectivity index (χ0) is 12.7. The normalized spacial score (nSPS) is 29.3. The Morgan fingerprint density at radius 1 is 0.278 bits per heavy atom. The molecule has 0 unspecified atom stereocenters. The molecule has 0 bridgehead atoms. The van der Waals surface area contributed by atoms with E-state index < -0.39 is 0 Å². The molecule has 18 heavy (non-hydrogen) atoms. The fraction of sp³-hybridized carbons (Fsp3) is 0.111. The van der Waals surface area contributed by atoms with Crippen molar-refractivity contribution in [1.82, 2.24) is 0 Å². The van der Waals surface area contributed by atoms with Gasteiger partial charge >= 0.3 is 0 Å². The third-order valence-electron chi connectivity index (χ3n) is 2.22. The first-order valence-electron chi connectivity index (χ1n) is 6.32. The van der Waals surface area contributed by atoms with Crippen molar-refractivity contribution in [2.45, 2.75) is 12.8 Å². The molecule has 92 valence electrons. The van der Waals surface area contributed by atoms with Crippen LogP contribution in [0.4, 0.5) is 0 Å². The van der Waals surface area contributed by atoms with Crippen LogP contribution < -0.4 is 0 Å². The Morgan fingerprint density at radius 3 is 0.778 bits per heavy atom. The highest BCUT2D eigenvalue weighted by molar-refractivity contribution is 5.21. The molecule has 0 nitrogen and oxygen atoms in total. The van der Waals surface area contributed by atoms with Crippen LogP contribution in [0.5, 0.6) is 0 Å². The standard InChI is InChI=1S/C18H20/c1-2-4-6-8-10-12-14-16-18-17-15-13-11-9-7-5-3-1/h1-16H,17-18H2/b3-1+,4-2+,7-5-,8-6-,11-9+,12-10+,15-13+,16-14?. The Morgan fingerprint density at radius 2 is 0.500 bits per heavy atom. The molecule has 1 aliphatic carbocycles. The first-order valence-corrected chi connectivity index (χ1v) is 6.32. The van der Waals surface area contributed by atoms with Crippen molar-refractivity contribution >= 4 is 0 Å². The fourth-order valence-corrected chi connectivity index (χ4v) is 1.31. The molecule has 0 aromatic rings. The smallest absolute Gasteiger partial charge is 0.0313 e. The number of allylic oxidation sites excluding steroid dienone is 16. The maximum Gasteiger partial charge on any atom is -0.0313 e. The van der Waals surface area contributed by atoms with Crippen molar-refractivity contribution in [3.05, 3.63) is 97.2 Å². The van der Waals surface area contributed by atoms with Crippen LogP contribution in [0.15, 0.2) is 97.2 Å². The van der Waals surface area contributed by atoms with Gasteiger partial charge in [0, 0.05) is 0 Å². The van der Waals surface area contributed by atoms with Crippen LogP contribution >= 0.6 is 0 Å². The average molecular weight is 236 g/mol. The maximum atomic E-state index is 2.18. The molecule has 0 amide bonds. The average Bonchev–Trinajstić information content (AvgIpc) is 2.39. The Balaban J connectivity index is 2.58. The summed E-state index contributed by atoms with van der Waals surface area (Å²) in [5.74, 6) is 0. The SMILES string of the molecule is C1=CCC/C=C/C=C/C=C\C=C\C=C\C=C/C=C/1. The van der Waals surface area contributed by atoms with Crippen LogP contribution in [0.3, 0.4) is 0 Å². The van der Waals surface area contributed by atoms with Crippen molar-refractivity contribution in [1.29, 1.82) is 0 Å². The second-order valence-electron chi connectivity index (χ2n) is 3.74. The predicted molar refractivity (Wildman–Crippen MR) is 82.4 cm³/mol. The van der Waals surface area contributed by atoms with Gasteiger partial charge in [-0.2, -0.15) is 0 Å². The third-order valence-corrected chi connectivity index (χ3v) is 2.22. The molecular weight excluding hydrogens is 216 g/mol. The topological polar surface area (TPSA) is 0 Å². The van der Waals surface area contributed by atoms with Crippen molar-refractivity contribution in [3.63, 3.8) is 0 Å². The lowest BCUT2D eigenvalue weighted by molar-refractivity contribution is 1.05. The molecular formula is C18H20. The zero-order valence-electron chi connectivity index (χ0n) is 10.7. The van der Waals surface area contributed by atoms with E-state index in [-0.39, 0.29) is 0 Å². The third kappa shape index (κ3) is 9.17. The molecule has 0 N–H and O–H groups in total. The summed E-state index contributed by atoms with van der Waals surface area (Å²) >= 11 is 0. The summed E-state index contributed by atoms with van der Waals surface area (Å²) in [6.07, 6.45) is 35.0. The van der Waals surface area contributed by atoms with E-state index in [1.165, 1.54) is 0 Å². The molecule has 0 aromatic carbocycles. The van der Waals surface area contributed by atoms with Gasteiger partial charge in [-0.3, -0.25) is 0 Å². The van der Waals surface area contributed by atoms with Crippen molar-refractivity contribution in [2.24, 2.45) is 0 Å². The lowest BCUT2D eigenvalue weighted by Gasteiger charge is -1.84. The Labute approximate surface area is 110 Å². The van der Waals surface area contributed by atoms with Gasteiger partial charge in [0.25, 0.3) is 0 Å². The van der Waals surface area contributed by atoms with Gasteiger partial charge < -0.3 is 0 Å². The number of rotatable bonds is 0. The van der Waals surface area contributed by atoms with E-state index >= 15 is 0 Å². The molecule has 0 spiro atoms. The van der Waals surface area contributed by atoms with Gasteiger partial charge in [-0.05, 0) is 12.8 Å². The Bertz CT molecular complexity index is 379. The minimum Gasteiger partial charge on any atom is -0.0842 e. The summed E-state index contributed by atoms with van der Waals surface area (Å²) in [4.78, 5) is 0. The molecule has 1 rings (SSSR count). The predicted octanol–water partition coefficient (Wildman–Crippen LogP) is 5.23. The van der Waals surface area contributed by atoms with Crippen LogP contribution in [0, 0.1) is 0 Å². The second-order valence-corrected chi connectivity index (χ2v) is 3.74. The number of hydrogen-bond acceptors (Lipinski definition) is 0. The van der Waals surface area contributed by atoms with Gasteiger partial charge in [0.1, 0.15) is 0 Å². The van der Waals surface area contributed by atoms with E-state index in [0.717, 1.165) is 12.8 Å². The summed E-state index contributed by atoms with van der Waals surface area (Å²) in [5.41, 5.74) is 0. The molecule has 0 heteroatoms. The molecule has 1 aliphatic rings. The van der Waals surface area contributed by atoms with E-state index in [9.17, 15) is 0 Å². The molecule has 0 saturated carbocycles. The van der Waals surface area contributed by atoms with Crippen LogP contribution in [0.1, 0.15) is 12.8 Å². The van der Waals surface area contributed by atoms with E-state index in [0.29, 0.717) is 0 Å². The highest BCUT2D eigenvalue weighted by atomic mass is 13.8. The van der Waals surface area contributed by atoms with Crippen LogP contribution in [0.2, 0.25) is 0 Å². The molecule has 0 heterocycles. The van der Waals surface area contributed by atoms with Gasteiger partial charge in [0.05, 0.1) is 0 Å². The summed E-state index contributed by atoms with van der Waals surface area (Å²) in [6, 6.07) is 0. The Kier molecular flexibility index (Phi) is 8.86. The zero-order valence-corrected chi connectivity index (χ0v) is 10.7. The monoisotopic (exact) mass is 236 g/mol. The maximum absolute atomic E-state index is 2.18. The molecule has 0 aliphatic heterocycles. The van der Waals surface area contributed by atoms with Crippen LogP contribution in [0.25, 0.3) is 0 Å². The highest BCUT2D eigenvalue weighted by Crippen LogP contribution is 1.94. The van der Waals surface area contributed by atoms with Gasteiger partial charge in [-0.15, -0.1) is 0 Å². The summed E-state index contributed by atoms with van der Waals surface area (Å²) in [5, 5.41) is 0. The van der Waals surface area contributed by atoms with Crippen molar-refractivity contribution in [3.8, 4) is 0 Å². The van der Waals surface area contributed by atoms with Crippen molar-refractivity contribution in [2.75, 3.05) is 0 Å². The second kappa shape index (κ2) is 11.4. The van der Waals surface area contributed by atoms with E-state index in [1.807, 2.05) is 60.8 Å². The summed E-state index contributed by atoms with van der Waals surface area (Å²) < 4.78 is 0. The highest BCUT2D eigenvalue weighted by Gasteiger charge is 1.74. The van der Waals surface area contributed by atoms with E-state index in [2.05, 4.69) is 36.5 Å². The van der Waals surface area contributed by atoms with Gasteiger partial charge in [-0.25, -0.2) is 0 Å². The number of hydrogen-bond donors (Lipinski definition) is 0.